The fourth-order valence-corrected chi connectivity index (χ4v) is 2.14. The molecule has 6 heteroatoms. The van der Waals surface area contributed by atoms with Crippen molar-refractivity contribution in [3.63, 3.8) is 0 Å². The zero-order chi connectivity index (χ0) is 15.5. The van der Waals surface area contributed by atoms with Gasteiger partial charge in [-0.2, -0.15) is 5.10 Å². The van der Waals surface area contributed by atoms with Gasteiger partial charge in [-0.3, -0.25) is 4.79 Å². The van der Waals surface area contributed by atoms with E-state index in [2.05, 4.69) is 15.4 Å². The minimum atomic E-state index is -0.184. The Morgan fingerprint density at radius 1 is 1.23 bits per heavy atom. The van der Waals surface area contributed by atoms with Crippen LogP contribution in [0.25, 0.3) is 5.69 Å². The molecule has 0 fully saturated rings. The maximum absolute atomic E-state index is 12.2. The van der Waals surface area contributed by atoms with Crippen molar-refractivity contribution in [3.8, 4) is 5.69 Å². The Morgan fingerprint density at radius 2 is 2.00 bits per heavy atom. The molecule has 1 amide bonds. The first-order chi connectivity index (χ1) is 10.6. The summed E-state index contributed by atoms with van der Waals surface area (Å²) in [5, 5.41) is 6.96. The lowest BCUT2D eigenvalue weighted by molar-refractivity contribution is 0.0935. The van der Waals surface area contributed by atoms with Crippen LogP contribution in [-0.4, -0.2) is 20.7 Å². The Balaban J connectivity index is 1.70. The van der Waals surface area contributed by atoms with Crippen molar-refractivity contribution >= 4 is 5.91 Å². The fraction of sp³-hybridized carbons (Fsp3) is 0.188. The molecule has 0 aliphatic heterocycles. The molecule has 1 aromatic carbocycles. The molecule has 0 saturated carbocycles. The van der Waals surface area contributed by atoms with Gasteiger partial charge in [-0.25, -0.2) is 9.67 Å². The second-order valence-corrected chi connectivity index (χ2v) is 5.03. The van der Waals surface area contributed by atoms with Crippen LogP contribution >= 0.6 is 0 Å². The van der Waals surface area contributed by atoms with Gasteiger partial charge in [0.15, 0.2) is 0 Å². The molecule has 112 valence electrons. The molecule has 0 aliphatic carbocycles. The van der Waals surface area contributed by atoms with E-state index in [1.54, 1.807) is 23.1 Å². The standard InChI is InChI=1S/C16H16N4O2/c1-11-3-8-15(22-11)12(2)19-16(21)13-4-6-14(7-5-13)20-10-17-9-18-20/h3-10,12H,1-2H3,(H,19,21). The lowest BCUT2D eigenvalue weighted by atomic mass is 10.1. The first-order valence-electron chi connectivity index (χ1n) is 6.96. The van der Waals surface area contributed by atoms with Crippen LogP contribution in [0.15, 0.2) is 53.5 Å². The molecule has 1 atom stereocenters. The van der Waals surface area contributed by atoms with Crippen LogP contribution in [0.4, 0.5) is 0 Å². The van der Waals surface area contributed by atoms with Crippen molar-refractivity contribution < 1.29 is 9.21 Å². The lowest BCUT2D eigenvalue weighted by Gasteiger charge is -2.11. The predicted molar refractivity (Wildman–Crippen MR) is 80.7 cm³/mol. The number of nitrogens with one attached hydrogen (secondary N) is 1. The predicted octanol–water partition coefficient (Wildman–Crippen LogP) is 2.66. The van der Waals surface area contributed by atoms with Gasteiger partial charge in [-0.1, -0.05) is 0 Å². The number of carbonyl (C=O) groups is 1. The second kappa shape index (κ2) is 5.85. The first-order valence-corrected chi connectivity index (χ1v) is 6.96. The molecule has 2 aromatic heterocycles. The van der Waals surface area contributed by atoms with Crippen molar-refractivity contribution in [2.24, 2.45) is 0 Å². The third-order valence-corrected chi connectivity index (χ3v) is 3.35. The normalized spacial score (nSPS) is 12.1. The lowest BCUT2D eigenvalue weighted by Crippen LogP contribution is -2.26. The summed E-state index contributed by atoms with van der Waals surface area (Å²) in [6.07, 6.45) is 3.07. The van der Waals surface area contributed by atoms with Crippen LogP contribution in [0.1, 0.15) is 34.8 Å². The van der Waals surface area contributed by atoms with E-state index in [4.69, 9.17) is 4.42 Å². The number of hydrogen-bond acceptors (Lipinski definition) is 4. The van der Waals surface area contributed by atoms with Crippen LogP contribution in [-0.2, 0) is 0 Å². The van der Waals surface area contributed by atoms with Crippen LogP contribution in [0.5, 0.6) is 0 Å². The molecule has 0 spiro atoms. The van der Waals surface area contributed by atoms with Crippen molar-refractivity contribution in [1.29, 1.82) is 0 Å². The highest BCUT2D eigenvalue weighted by atomic mass is 16.3. The molecule has 0 aliphatic rings. The maximum atomic E-state index is 12.2. The van der Waals surface area contributed by atoms with E-state index in [0.29, 0.717) is 5.56 Å². The second-order valence-electron chi connectivity index (χ2n) is 5.03. The zero-order valence-electron chi connectivity index (χ0n) is 12.4. The van der Waals surface area contributed by atoms with E-state index in [-0.39, 0.29) is 11.9 Å². The molecule has 1 N–H and O–H groups in total. The average Bonchev–Trinajstić information content (AvgIpc) is 3.18. The van der Waals surface area contributed by atoms with Crippen LogP contribution in [0.3, 0.4) is 0 Å². The van der Waals surface area contributed by atoms with Gasteiger partial charge in [-0.15, -0.1) is 0 Å². The smallest absolute Gasteiger partial charge is 0.251 e. The summed E-state index contributed by atoms with van der Waals surface area (Å²) in [5.41, 5.74) is 1.43. The van der Waals surface area contributed by atoms with Gasteiger partial charge in [0.1, 0.15) is 24.2 Å². The molecular weight excluding hydrogens is 280 g/mol. The monoisotopic (exact) mass is 296 g/mol. The molecule has 3 aromatic rings. The van der Waals surface area contributed by atoms with Gasteiger partial charge >= 0.3 is 0 Å². The maximum Gasteiger partial charge on any atom is 0.251 e. The summed E-state index contributed by atoms with van der Waals surface area (Å²) in [7, 11) is 0. The number of rotatable bonds is 4. The number of nitrogens with zero attached hydrogens (tertiary/aromatic N) is 3. The number of benzene rings is 1. The summed E-state index contributed by atoms with van der Waals surface area (Å²) < 4.78 is 7.15. The Hall–Kier alpha value is -2.89. The topological polar surface area (TPSA) is 73.0 Å². The molecule has 2 heterocycles. The van der Waals surface area contributed by atoms with E-state index < -0.39 is 0 Å². The Kier molecular flexibility index (Phi) is 3.74. The molecule has 1 unspecified atom stereocenters. The number of hydrogen-bond donors (Lipinski definition) is 1. The van der Waals surface area contributed by atoms with E-state index >= 15 is 0 Å². The van der Waals surface area contributed by atoms with Crippen LogP contribution in [0, 0.1) is 6.92 Å². The number of aryl methyl sites for hydroxylation is 1. The first kappa shape index (κ1) is 14.1. The van der Waals surface area contributed by atoms with E-state index in [0.717, 1.165) is 17.2 Å². The highest BCUT2D eigenvalue weighted by Crippen LogP contribution is 2.16. The molecule has 0 radical (unpaired) electrons. The van der Waals surface area contributed by atoms with Gasteiger partial charge in [0.25, 0.3) is 5.91 Å². The zero-order valence-corrected chi connectivity index (χ0v) is 12.4. The minimum absolute atomic E-state index is 0.147. The Bertz CT molecular complexity index is 760. The van der Waals surface area contributed by atoms with Crippen LogP contribution < -0.4 is 5.32 Å². The summed E-state index contributed by atoms with van der Waals surface area (Å²) in [6.45, 7) is 3.76. The van der Waals surface area contributed by atoms with Crippen molar-refractivity contribution in [1.82, 2.24) is 20.1 Å². The SMILES string of the molecule is Cc1ccc(C(C)NC(=O)c2ccc(-n3cncn3)cc2)o1. The van der Waals surface area contributed by atoms with E-state index in [1.165, 1.54) is 6.33 Å². The van der Waals surface area contributed by atoms with Crippen molar-refractivity contribution in [2.75, 3.05) is 0 Å². The van der Waals surface area contributed by atoms with E-state index in [9.17, 15) is 4.79 Å². The van der Waals surface area contributed by atoms with Gasteiger partial charge in [0, 0.05) is 5.56 Å². The largest absolute Gasteiger partial charge is 0.464 e. The molecular formula is C16H16N4O2. The average molecular weight is 296 g/mol. The third kappa shape index (κ3) is 2.90. The molecule has 0 bridgehead atoms. The highest BCUT2D eigenvalue weighted by Gasteiger charge is 2.14. The Morgan fingerprint density at radius 3 is 2.59 bits per heavy atom. The van der Waals surface area contributed by atoms with Gasteiger partial charge < -0.3 is 9.73 Å². The quantitative estimate of drug-likeness (QED) is 0.803. The van der Waals surface area contributed by atoms with Gasteiger partial charge in [0.05, 0.1) is 11.7 Å². The molecule has 3 rings (SSSR count). The van der Waals surface area contributed by atoms with Gasteiger partial charge in [0.2, 0.25) is 0 Å². The summed E-state index contributed by atoms with van der Waals surface area (Å²) >= 11 is 0. The van der Waals surface area contributed by atoms with Gasteiger partial charge in [-0.05, 0) is 50.2 Å². The number of carbonyl (C=O) groups excluding carboxylic acids is 1. The fourth-order valence-electron chi connectivity index (χ4n) is 2.14. The minimum Gasteiger partial charge on any atom is -0.464 e. The molecule has 6 nitrogen and oxygen atoms in total. The summed E-state index contributed by atoms with van der Waals surface area (Å²) in [5.74, 6) is 1.42. The number of aromatic nitrogens is 3. The Labute approximate surface area is 127 Å². The van der Waals surface area contributed by atoms with E-state index in [1.807, 2.05) is 38.1 Å². The number of amides is 1. The highest BCUT2D eigenvalue weighted by molar-refractivity contribution is 5.94. The summed E-state index contributed by atoms with van der Waals surface area (Å²) in [6, 6.07) is 10.7. The summed E-state index contributed by atoms with van der Waals surface area (Å²) in [4.78, 5) is 16.1. The molecule has 0 saturated heterocycles. The van der Waals surface area contributed by atoms with Crippen LogP contribution in [0.2, 0.25) is 0 Å². The third-order valence-electron chi connectivity index (χ3n) is 3.35. The molecule has 22 heavy (non-hydrogen) atoms. The van der Waals surface area contributed by atoms with Crippen molar-refractivity contribution in [2.45, 2.75) is 19.9 Å². The van der Waals surface area contributed by atoms with Crippen molar-refractivity contribution in [3.05, 3.63) is 66.1 Å². The number of furan rings is 1.